The fraction of sp³-hybridized carbons (Fsp3) is 0.100. The first kappa shape index (κ1) is 9.97. The van der Waals surface area contributed by atoms with Crippen molar-refractivity contribution in [3.8, 4) is 6.07 Å². The van der Waals surface area contributed by atoms with Gasteiger partial charge in [-0.05, 0) is 33.6 Å². The molecule has 0 amide bonds. The summed E-state index contributed by atoms with van der Waals surface area (Å²) in [6.07, 6.45) is 1.64. The Bertz CT molecular complexity index is 366. The lowest BCUT2D eigenvalue weighted by Gasteiger charge is -2.06. The Morgan fingerprint density at radius 2 is 2.31 bits per heavy atom. The van der Waals surface area contributed by atoms with E-state index in [1.54, 1.807) is 12.1 Å². The van der Waals surface area contributed by atoms with Crippen LogP contribution in [0.1, 0.15) is 17.2 Å². The summed E-state index contributed by atoms with van der Waals surface area (Å²) < 4.78 is 0.787. The summed E-state index contributed by atoms with van der Waals surface area (Å²) in [4.78, 5) is 0. The standard InChI is InChI=1S/C10H9BrN2/c1-2-10(13)7-3-4-9(11)8(5-7)6-12/h2-5,10H,1,13H2. The summed E-state index contributed by atoms with van der Waals surface area (Å²) in [5, 5.41) is 8.75. The van der Waals surface area contributed by atoms with Crippen molar-refractivity contribution >= 4 is 15.9 Å². The van der Waals surface area contributed by atoms with Gasteiger partial charge in [-0.1, -0.05) is 12.1 Å². The highest BCUT2D eigenvalue weighted by Gasteiger charge is 2.04. The molecule has 0 fully saturated rings. The molecule has 1 atom stereocenters. The van der Waals surface area contributed by atoms with Gasteiger partial charge in [-0.3, -0.25) is 0 Å². The van der Waals surface area contributed by atoms with Crippen LogP contribution in [0.5, 0.6) is 0 Å². The van der Waals surface area contributed by atoms with E-state index >= 15 is 0 Å². The molecule has 1 aromatic carbocycles. The third kappa shape index (κ3) is 2.18. The average molecular weight is 237 g/mol. The van der Waals surface area contributed by atoms with Gasteiger partial charge in [0, 0.05) is 10.5 Å². The maximum atomic E-state index is 8.75. The second kappa shape index (κ2) is 4.22. The maximum absolute atomic E-state index is 8.75. The highest BCUT2D eigenvalue weighted by atomic mass is 79.9. The third-order valence-corrected chi connectivity index (χ3v) is 2.44. The van der Waals surface area contributed by atoms with Gasteiger partial charge in [0.2, 0.25) is 0 Å². The third-order valence-electron chi connectivity index (χ3n) is 1.75. The summed E-state index contributed by atoms with van der Waals surface area (Å²) in [5.41, 5.74) is 7.22. The minimum Gasteiger partial charge on any atom is -0.321 e. The molecular weight excluding hydrogens is 228 g/mol. The number of nitrogens with zero attached hydrogens (tertiary/aromatic N) is 1. The molecule has 66 valence electrons. The number of halogens is 1. The van der Waals surface area contributed by atoms with Gasteiger partial charge in [0.05, 0.1) is 5.56 Å². The minimum absolute atomic E-state index is 0.208. The highest BCUT2D eigenvalue weighted by Crippen LogP contribution is 2.20. The zero-order chi connectivity index (χ0) is 9.84. The van der Waals surface area contributed by atoms with Crippen molar-refractivity contribution in [2.24, 2.45) is 5.73 Å². The minimum atomic E-state index is -0.208. The molecule has 2 N–H and O–H groups in total. The van der Waals surface area contributed by atoms with Crippen molar-refractivity contribution in [2.75, 3.05) is 0 Å². The number of nitriles is 1. The molecule has 0 aliphatic heterocycles. The van der Waals surface area contributed by atoms with Gasteiger partial charge in [0.15, 0.2) is 0 Å². The molecule has 1 aromatic rings. The Labute approximate surface area is 85.8 Å². The van der Waals surface area contributed by atoms with Crippen molar-refractivity contribution < 1.29 is 0 Å². The van der Waals surface area contributed by atoms with E-state index in [0.29, 0.717) is 5.56 Å². The Kier molecular flexibility index (Phi) is 3.24. The first-order valence-electron chi connectivity index (χ1n) is 3.76. The van der Waals surface area contributed by atoms with Crippen LogP contribution in [0.3, 0.4) is 0 Å². The molecule has 3 heteroatoms. The molecule has 1 unspecified atom stereocenters. The maximum Gasteiger partial charge on any atom is 0.100 e. The van der Waals surface area contributed by atoms with Crippen molar-refractivity contribution in [3.63, 3.8) is 0 Å². The number of nitrogens with two attached hydrogens (primary N) is 1. The van der Waals surface area contributed by atoms with Gasteiger partial charge in [0.25, 0.3) is 0 Å². The van der Waals surface area contributed by atoms with E-state index in [-0.39, 0.29) is 6.04 Å². The molecule has 2 nitrogen and oxygen atoms in total. The molecule has 0 aliphatic carbocycles. The van der Waals surface area contributed by atoms with Gasteiger partial charge in [-0.25, -0.2) is 0 Å². The summed E-state index contributed by atoms with van der Waals surface area (Å²) in [5.74, 6) is 0. The zero-order valence-electron chi connectivity index (χ0n) is 7.00. The lowest BCUT2D eigenvalue weighted by Crippen LogP contribution is -2.06. The van der Waals surface area contributed by atoms with Crippen LogP contribution in [0.2, 0.25) is 0 Å². The first-order chi connectivity index (χ1) is 6.19. The predicted molar refractivity (Wildman–Crippen MR) is 56.0 cm³/mol. The molecular formula is C10H9BrN2. The van der Waals surface area contributed by atoms with E-state index in [1.165, 1.54) is 0 Å². The van der Waals surface area contributed by atoms with Crippen LogP contribution in [0.15, 0.2) is 35.3 Å². The quantitative estimate of drug-likeness (QED) is 0.803. The topological polar surface area (TPSA) is 49.8 Å². The molecule has 0 saturated heterocycles. The zero-order valence-corrected chi connectivity index (χ0v) is 8.58. The van der Waals surface area contributed by atoms with Crippen LogP contribution in [-0.2, 0) is 0 Å². The SMILES string of the molecule is C=CC(N)c1ccc(Br)c(C#N)c1. The van der Waals surface area contributed by atoms with E-state index in [4.69, 9.17) is 11.0 Å². The predicted octanol–water partition coefficient (Wildman–Crippen LogP) is 2.51. The Morgan fingerprint density at radius 3 is 2.85 bits per heavy atom. The van der Waals surface area contributed by atoms with Gasteiger partial charge in [-0.15, -0.1) is 6.58 Å². The number of hydrogen-bond acceptors (Lipinski definition) is 2. The number of rotatable bonds is 2. The van der Waals surface area contributed by atoms with Crippen molar-refractivity contribution in [1.29, 1.82) is 5.26 Å². The smallest absolute Gasteiger partial charge is 0.100 e. The van der Waals surface area contributed by atoms with E-state index in [1.807, 2.05) is 12.1 Å². The Hall–Kier alpha value is -1.11. The van der Waals surface area contributed by atoms with E-state index in [0.717, 1.165) is 10.0 Å². The van der Waals surface area contributed by atoms with Crippen molar-refractivity contribution in [3.05, 3.63) is 46.5 Å². The number of benzene rings is 1. The second-order valence-corrected chi connectivity index (χ2v) is 3.47. The van der Waals surface area contributed by atoms with E-state index < -0.39 is 0 Å². The molecule has 0 aliphatic rings. The Balaban J connectivity index is 3.15. The average Bonchev–Trinajstić information content (AvgIpc) is 2.17. The van der Waals surface area contributed by atoms with E-state index in [9.17, 15) is 0 Å². The molecule has 13 heavy (non-hydrogen) atoms. The van der Waals surface area contributed by atoms with Crippen LogP contribution in [0, 0.1) is 11.3 Å². The summed E-state index contributed by atoms with van der Waals surface area (Å²) >= 11 is 3.27. The molecule has 1 rings (SSSR count). The highest BCUT2D eigenvalue weighted by molar-refractivity contribution is 9.10. The molecule has 0 radical (unpaired) electrons. The summed E-state index contributed by atoms with van der Waals surface area (Å²) in [6.45, 7) is 3.60. The van der Waals surface area contributed by atoms with Gasteiger partial charge in [0.1, 0.15) is 6.07 Å². The van der Waals surface area contributed by atoms with Gasteiger partial charge < -0.3 is 5.73 Å². The fourth-order valence-corrected chi connectivity index (χ4v) is 1.31. The second-order valence-electron chi connectivity index (χ2n) is 2.61. The van der Waals surface area contributed by atoms with Gasteiger partial charge >= 0.3 is 0 Å². The number of hydrogen-bond donors (Lipinski definition) is 1. The molecule has 0 spiro atoms. The van der Waals surface area contributed by atoms with Crippen LogP contribution >= 0.6 is 15.9 Å². The summed E-state index contributed by atoms with van der Waals surface area (Å²) in [6, 6.07) is 7.32. The fourth-order valence-electron chi connectivity index (χ4n) is 0.972. The van der Waals surface area contributed by atoms with Crippen molar-refractivity contribution in [2.45, 2.75) is 6.04 Å². The molecule has 0 heterocycles. The normalized spacial score (nSPS) is 11.8. The lowest BCUT2D eigenvalue weighted by atomic mass is 10.1. The lowest BCUT2D eigenvalue weighted by molar-refractivity contribution is 0.913. The van der Waals surface area contributed by atoms with Crippen LogP contribution in [0.25, 0.3) is 0 Å². The first-order valence-corrected chi connectivity index (χ1v) is 4.56. The van der Waals surface area contributed by atoms with Crippen LogP contribution in [0.4, 0.5) is 0 Å². The Morgan fingerprint density at radius 1 is 1.62 bits per heavy atom. The molecule has 0 saturated carbocycles. The largest absolute Gasteiger partial charge is 0.321 e. The monoisotopic (exact) mass is 236 g/mol. The molecule has 0 bridgehead atoms. The summed E-state index contributed by atoms with van der Waals surface area (Å²) in [7, 11) is 0. The van der Waals surface area contributed by atoms with E-state index in [2.05, 4.69) is 28.6 Å². The van der Waals surface area contributed by atoms with Gasteiger partial charge in [-0.2, -0.15) is 5.26 Å². The van der Waals surface area contributed by atoms with Crippen LogP contribution < -0.4 is 5.73 Å². The van der Waals surface area contributed by atoms with Crippen LogP contribution in [-0.4, -0.2) is 0 Å². The van der Waals surface area contributed by atoms with Crippen molar-refractivity contribution in [1.82, 2.24) is 0 Å². The molecule has 0 aromatic heterocycles.